The molecule has 0 bridgehead atoms. The van der Waals surface area contributed by atoms with E-state index in [-0.39, 0.29) is 0 Å². The van der Waals surface area contributed by atoms with Crippen LogP contribution in [0.15, 0.2) is 116 Å². The van der Waals surface area contributed by atoms with Crippen molar-refractivity contribution in [3.8, 4) is 11.5 Å². The Bertz CT molecular complexity index is 1680. The number of anilines is 3. The third-order valence-electron chi connectivity index (χ3n) is 6.92. The van der Waals surface area contributed by atoms with E-state index in [9.17, 15) is 9.59 Å². The Morgan fingerprint density at radius 2 is 1.41 bits per heavy atom. The molecule has 5 heteroatoms. The summed E-state index contributed by atoms with van der Waals surface area (Å²) in [5.74, 6) is -0.276. The summed E-state index contributed by atoms with van der Waals surface area (Å²) in [6.45, 7) is 6.98. The summed E-state index contributed by atoms with van der Waals surface area (Å²) >= 11 is 0. The van der Waals surface area contributed by atoms with Crippen LogP contribution in [-0.4, -0.2) is 11.9 Å². The van der Waals surface area contributed by atoms with E-state index in [0.717, 1.165) is 47.4 Å². The van der Waals surface area contributed by atoms with Crippen molar-refractivity contribution in [2.24, 2.45) is 0 Å². The molecule has 190 valence electrons. The van der Waals surface area contributed by atoms with Crippen molar-refractivity contribution in [3.05, 3.63) is 133 Å². The summed E-state index contributed by atoms with van der Waals surface area (Å²) in [6.07, 6.45) is 10.7. The van der Waals surface area contributed by atoms with Crippen molar-refractivity contribution in [2.75, 3.05) is 4.90 Å². The fraction of sp³-hybridized carbons (Fsp3) is 0.0588. The first-order valence-corrected chi connectivity index (χ1v) is 12.7. The van der Waals surface area contributed by atoms with Crippen LogP contribution in [0.4, 0.5) is 17.1 Å². The number of carbonyl (C=O) groups excluding carboxylic acids is 2. The second-order valence-corrected chi connectivity index (χ2v) is 9.35. The molecule has 4 aromatic rings. The van der Waals surface area contributed by atoms with Crippen LogP contribution in [0, 0.1) is 0 Å². The third kappa shape index (κ3) is 4.55. The first kappa shape index (κ1) is 24.2. The standard InChI is InChI=1S/C34H25NO4/c1-3-31(36)38-29-12-6-10-26(20-29)35(27-11-7-13-30(21-27)39-32(37)4-2)28-18-24-16-14-22-8-5-9-23-15-17-25(19-28)34(24)33(22)23/h3-8,10-15,17-21H,1-2,9,16H2. The van der Waals surface area contributed by atoms with Crippen LogP contribution in [0.25, 0.3) is 16.3 Å². The Kier molecular flexibility index (Phi) is 6.17. The zero-order chi connectivity index (χ0) is 26.9. The van der Waals surface area contributed by atoms with E-state index in [0.29, 0.717) is 11.5 Å². The van der Waals surface area contributed by atoms with E-state index in [1.54, 1.807) is 24.3 Å². The highest BCUT2D eigenvalue weighted by atomic mass is 16.5. The molecule has 0 N–H and O–H groups in total. The Labute approximate surface area is 226 Å². The Hall–Kier alpha value is -5.16. The molecule has 39 heavy (non-hydrogen) atoms. The number of benzene rings is 4. The van der Waals surface area contributed by atoms with Crippen LogP contribution in [0.5, 0.6) is 11.5 Å². The van der Waals surface area contributed by atoms with Crippen molar-refractivity contribution in [2.45, 2.75) is 12.8 Å². The van der Waals surface area contributed by atoms with Gasteiger partial charge in [0.05, 0.1) is 0 Å². The maximum Gasteiger partial charge on any atom is 0.335 e. The van der Waals surface area contributed by atoms with Crippen molar-refractivity contribution >= 4 is 45.3 Å². The fourth-order valence-electron chi connectivity index (χ4n) is 5.29. The molecule has 0 unspecified atom stereocenters. The average molecular weight is 512 g/mol. The van der Waals surface area contributed by atoms with E-state index in [1.165, 1.54) is 27.6 Å². The number of nitrogens with zero attached hydrogens (tertiary/aromatic N) is 1. The molecule has 4 aromatic carbocycles. The van der Waals surface area contributed by atoms with Gasteiger partial charge in [-0.1, -0.05) is 55.7 Å². The van der Waals surface area contributed by atoms with Gasteiger partial charge in [-0.2, -0.15) is 0 Å². The number of allylic oxidation sites excluding steroid dienone is 4. The molecule has 0 saturated carbocycles. The molecule has 0 radical (unpaired) electrons. The van der Waals surface area contributed by atoms with Gasteiger partial charge in [-0.3, -0.25) is 0 Å². The molecular formula is C34H25NO4. The number of hydrogen-bond donors (Lipinski definition) is 0. The van der Waals surface area contributed by atoms with Gasteiger partial charge < -0.3 is 14.4 Å². The summed E-state index contributed by atoms with van der Waals surface area (Å²) in [4.78, 5) is 25.9. The molecule has 0 saturated heterocycles. The SMILES string of the molecule is C=CC(=O)Oc1cccc(N(c2cccc(OC(=O)C=C)c2)c2cc3c4c5c(ccc4c2)CC=CC5=CC3)c1. The Morgan fingerprint density at radius 1 is 0.744 bits per heavy atom. The second-order valence-electron chi connectivity index (χ2n) is 9.35. The molecule has 5 nitrogen and oxygen atoms in total. The quantitative estimate of drug-likeness (QED) is 0.146. The molecule has 0 amide bonds. The predicted octanol–water partition coefficient (Wildman–Crippen LogP) is 7.54. The summed E-state index contributed by atoms with van der Waals surface area (Å²) in [7, 11) is 0. The maximum absolute atomic E-state index is 11.9. The van der Waals surface area contributed by atoms with E-state index >= 15 is 0 Å². The molecular weight excluding hydrogens is 486 g/mol. The number of ether oxygens (including phenoxy) is 2. The monoisotopic (exact) mass is 511 g/mol. The lowest BCUT2D eigenvalue weighted by atomic mass is 9.81. The molecule has 0 heterocycles. The van der Waals surface area contributed by atoms with E-state index in [1.807, 2.05) is 24.3 Å². The van der Waals surface area contributed by atoms with Crippen molar-refractivity contribution in [1.29, 1.82) is 0 Å². The highest BCUT2D eigenvalue weighted by molar-refractivity contribution is 6.04. The molecule has 2 aliphatic rings. The molecule has 0 atom stereocenters. The first-order valence-electron chi connectivity index (χ1n) is 12.7. The lowest BCUT2D eigenvalue weighted by Crippen LogP contribution is -2.13. The van der Waals surface area contributed by atoms with E-state index in [4.69, 9.17) is 9.47 Å². The third-order valence-corrected chi connectivity index (χ3v) is 6.92. The first-order chi connectivity index (χ1) is 19.0. The average Bonchev–Trinajstić information content (AvgIpc) is 2.96. The van der Waals surface area contributed by atoms with Gasteiger partial charge in [0, 0.05) is 41.3 Å². The largest absolute Gasteiger partial charge is 0.423 e. The van der Waals surface area contributed by atoms with E-state index < -0.39 is 11.9 Å². The molecule has 0 aliphatic heterocycles. The lowest BCUT2D eigenvalue weighted by molar-refractivity contribution is -0.129. The summed E-state index contributed by atoms with van der Waals surface area (Å²) < 4.78 is 10.8. The Balaban J connectivity index is 1.52. The zero-order valence-corrected chi connectivity index (χ0v) is 21.2. The lowest BCUT2D eigenvalue weighted by Gasteiger charge is -2.29. The van der Waals surface area contributed by atoms with Gasteiger partial charge in [0.15, 0.2) is 0 Å². The van der Waals surface area contributed by atoms with Gasteiger partial charge >= 0.3 is 11.9 Å². The van der Waals surface area contributed by atoms with Crippen molar-refractivity contribution in [1.82, 2.24) is 0 Å². The van der Waals surface area contributed by atoms with Crippen LogP contribution in [-0.2, 0) is 22.4 Å². The molecule has 2 aliphatic carbocycles. The van der Waals surface area contributed by atoms with Crippen LogP contribution in [0.2, 0.25) is 0 Å². The molecule has 0 spiro atoms. The highest BCUT2D eigenvalue weighted by Crippen LogP contribution is 2.44. The second kappa shape index (κ2) is 9.95. The van der Waals surface area contributed by atoms with Crippen molar-refractivity contribution < 1.29 is 19.1 Å². The van der Waals surface area contributed by atoms with Gasteiger partial charge in [0.25, 0.3) is 0 Å². The number of hydrogen-bond acceptors (Lipinski definition) is 5. The molecule has 0 aromatic heterocycles. The zero-order valence-electron chi connectivity index (χ0n) is 21.2. The summed E-state index contributed by atoms with van der Waals surface area (Å²) in [6, 6.07) is 23.4. The van der Waals surface area contributed by atoms with E-state index in [2.05, 4.69) is 60.6 Å². The summed E-state index contributed by atoms with van der Waals surface area (Å²) in [5.41, 5.74) is 7.67. The molecule has 0 fully saturated rings. The van der Waals surface area contributed by atoms with Gasteiger partial charge in [0.1, 0.15) is 11.5 Å². The van der Waals surface area contributed by atoms with Gasteiger partial charge in [-0.15, -0.1) is 0 Å². The highest BCUT2D eigenvalue weighted by Gasteiger charge is 2.22. The number of carbonyl (C=O) groups is 2. The normalized spacial score (nSPS) is 12.9. The van der Waals surface area contributed by atoms with Crippen molar-refractivity contribution in [3.63, 3.8) is 0 Å². The number of rotatable bonds is 7. The predicted molar refractivity (Wildman–Crippen MR) is 155 cm³/mol. The smallest absolute Gasteiger partial charge is 0.335 e. The van der Waals surface area contributed by atoms with Crippen LogP contribution < -0.4 is 14.4 Å². The minimum absolute atomic E-state index is 0.396. The maximum atomic E-state index is 11.9. The van der Waals surface area contributed by atoms with Gasteiger partial charge in [-0.25, -0.2) is 9.59 Å². The molecule has 6 rings (SSSR count). The van der Waals surface area contributed by atoms with Crippen LogP contribution in [0.3, 0.4) is 0 Å². The van der Waals surface area contributed by atoms with Gasteiger partial charge in [0.2, 0.25) is 0 Å². The Morgan fingerprint density at radius 3 is 2.05 bits per heavy atom. The minimum atomic E-state index is -0.534. The number of esters is 2. The minimum Gasteiger partial charge on any atom is -0.423 e. The topological polar surface area (TPSA) is 55.8 Å². The van der Waals surface area contributed by atoms with Gasteiger partial charge in [-0.05, 0) is 82.3 Å². The summed E-state index contributed by atoms with van der Waals surface area (Å²) in [5, 5.41) is 2.44. The van der Waals surface area contributed by atoms with Crippen LogP contribution in [0.1, 0.15) is 16.7 Å². The van der Waals surface area contributed by atoms with Crippen LogP contribution >= 0.6 is 0 Å². The fourth-order valence-corrected chi connectivity index (χ4v) is 5.29.